The molecule has 1 N–H and O–H groups in total. The molecule has 182 valence electrons. The zero-order chi connectivity index (χ0) is 24.2. The molecule has 0 saturated carbocycles. The van der Waals surface area contributed by atoms with E-state index in [-0.39, 0.29) is 11.5 Å². The van der Waals surface area contributed by atoms with E-state index in [1.165, 1.54) is 11.1 Å². The highest BCUT2D eigenvalue weighted by Gasteiger charge is 2.38. The van der Waals surface area contributed by atoms with Crippen molar-refractivity contribution >= 4 is 17.1 Å². The molecule has 1 amide bonds. The third kappa shape index (κ3) is 5.79. The Balaban J connectivity index is 1.59. The molecule has 4 rings (SSSR count). The minimum Gasteiger partial charge on any atom is -0.444 e. The highest BCUT2D eigenvalue weighted by atomic mass is 16.6. The van der Waals surface area contributed by atoms with E-state index in [9.17, 15) is 4.79 Å². The van der Waals surface area contributed by atoms with Crippen LogP contribution in [0.4, 0.5) is 4.79 Å². The lowest BCUT2D eigenvalue weighted by Crippen LogP contribution is -2.46. The number of nitrogens with zero attached hydrogens (tertiary/aromatic N) is 3. The average molecular weight is 463 g/mol. The van der Waals surface area contributed by atoms with Gasteiger partial charge in [-0.05, 0) is 76.6 Å². The smallest absolute Gasteiger partial charge is 0.410 e. The standard InChI is InChI=1S/C28H38N4O2/c1-27(2,3)34-26(33)31-18-16-28(17-19-31,15-14-22-10-6-5-7-11-22)21-32-24-13-9-8-12-23(24)30-25(32)20-29-4/h5-13,29H,14-21H2,1-4H3. The van der Waals surface area contributed by atoms with Crippen LogP contribution in [0.3, 0.4) is 0 Å². The van der Waals surface area contributed by atoms with Crippen LogP contribution in [0.25, 0.3) is 11.0 Å². The number of carbonyl (C=O) groups is 1. The molecule has 0 atom stereocenters. The van der Waals surface area contributed by atoms with Crippen LogP contribution >= 0.6 is 0 Å². The largest absolute Gasteiger partial charge is 0.444 e. The molecule has 0 unspecified atom stereocenters. The first-order chi connectivity index (χ1) is 16.3. The molecule has 1 saturated heterocycles. The van der Waals surface area contributed by atoms with Gasteiger partial charge in [0.2, 0.25) is 0 Å². The number of aryl methyl sites for hydroxylation is 1. The van der Waals surface area contributed by atoms with Crippen molar-refractivity contribution in [3.8, 4) is 0 Å². The van der Waals surface area contributed by atoms with Gasteiger partial charge < -0.3 is 19.5 Å². The van der Waals surface area contributed by atoms with Gasteiger partial charge in [-0.3, -0.25) is 0 Å². The van der Waals surface area contributed by atoms with Gasteiger partial charge in [0.1, 0.15) is 11.4 Å². The number of fused-ring (bicyclic) bond motifs is 1. The maximum Gasteiger partial charge on any atom is 0.410 e. The number of hydrogen-bond acceptors (Lipinski definition) is 4. The van der Waals surface area contributed by atoms with E-state index in [2.05, 4.69) is 58.4 Å². The summed E-state index contributed by atoms with van der Waals surface area (Å²) in [6.07, 6.45) is 3.80. The Kier molecular flexibility index (Phi) is 7.27. The number of ether oxygens (including phenoxy) is 1. The normalized spacial score (nSPS) is 16.1. The van der Waals surface area contributed by atoms with Crippen molar-refractivity contribution in [1.82, 2.24) is 19.8 Å². The Morgan fingerprint density at radius 2 is 1.74 bits per heavy atom. The number of nitrogens with one attached hydrogen (secondary N) is 1. The van der Waals surface area contributed by atoms with E-state index in [0.29, 0.717) is 0 Å². The number of rotatable bonds is 7. The van der Waals surface area contributed by atoms with Crippen molar-refractivity contribution < 1.29 is 9.53 Å². The van der Waals surface area contributed by atoms with Crippen molar-refractivity contribution in [2.75, 3.05) is 20.1 Å². The van der Waals surface area contributed by atoms with E-state index in [1.807, 2.05) is 38.8 Å². The Hall–Kier alpha value is -2.86. The third-order valence-electron chi connectivity index (χ3n) is 6.82. The zero-order valence-corrected chi connectivity index (χ0v) is 21.0. The fraction of sp³-hybridized carbons (Fsp3) is 0.500. The molecule has 0 bridgehead atoms. The lowest BCUT2D eigenvalue weighted by atomic mass is 9.74. The molecule has 3 aromatic rings. The summed E-state index contributed by atoms with van der Waals surface area (Å²) >= 11 is 0. The van der Waals surface area contributed by atoms with Crippen LogP contribution < -0.4 is 5.32 Å². The molecular formula is C28H38N4O2. The van der Waals surface area contributed by atoms with Crippen molar-refractivity contribution in [3.05, 3.63) is 66.0 Å². The quantitative estimate of drug-likeness (QED) is 0.510. The lowest BCUT2D eigenvalue weighted by molar-refractivity contribution is 0.00637. The number of hydrogen-bond donors (Lipinski definition) is 1. The van der Waals surface area contributed by atoms with Crippen molar-refractivity contribution in [3.63, 3.8) is 0 Å². The number of imidazole rings is 1. The first-order valence-electron chi connectivity index (χ1n) is 12.4. The zero-order valence-electron chi connectivity index (χ0n) is 21.0. The highest BCUT2D eigenvalue weighted by Crippen LogP contribution is 2.39. The monoisotopic (exact) mass is 462 g/mol. The molecule has 0 aliphatic carbocycles. The molecule has 6 nitrogen and oxygen atoms in total. The Morgan fingerprint density at radius 3 is 2.41 bits per heavy atom. The first-order valence-corrected chi connectivity index (χ1v) is 12.4. The summed E-state index contributed by atoms with van der Waals surface area (Å²) in [4.78, 5) is 19.5. The van der Waals surface area contributed by atoms with Crippen LogP contribution in [0.5, 0.6) is 0 Å². The fourth-order valence-corrected chi connectivity index (χ4v) is 4.96. The lowest BCUT2D eigenvalue weighted by Gasteiger charge is -2.43. The van der Waals surface area contributed by atoms with Crippen LogP contribution in [-0.2, 0) is 24.2 Å². The van der Waals surface area contributed by atoms with Crippen LogP contribution in [0.1, 0.15) is 51.4 Å². The number of amides is 1. The Bertz CT molecular complexity index is 1090. The molecule has 2 heterocycles. The number of aromatic nitrogens is 2. The summed E-state index contributed by atoms with van der Waals surface area (Å²) in [5.74, 6) is 1.07. The molecule has 1 aliphatic heterocycles. The van der Waals surface area contributed by atoms with Gasteiger partial charge in [-0.1, -0.05) is 42.5 Å². The number of likely N-dealkylation sites (tertiary alicyclic amines) is 1. The summed E-state index contributed by atoms with van der Waals surface area (Å²) in [5, 5.41) is 3.28. The van der Waals surface area contributed by atoms with Gasteiger partial charge in [0.15, 0.2) is 0 Å². The predicted octanol–water partition coefficient (Wildman–Crippen LogP) is 5.41. The Labute approximate surface area is 203 Å². The van der Waals surface area contributed by atoms with E-state index >= 15 is 0 Å². The molecule has 34 heavy (non-hydrogen) atoms. The van der Waals surface area contributed by atoms with Gasteiger partial charge in [0.05, 0.1) is 17.6 Å². The van der Waals surface area contributed by atoms with Gasteiger partial charge in [-0.25, -0.2) is 9.78 Å². The van der Waals surface area contributed by atoms with Crippen molar-refractivity contribution in [2.45, 2.75) is 65.1 Å². The second-order valence-corrected chi connectivity index (χ2v) is 10.6. The van der Waals surface area contributed by atoms with Crippen LogP contribution in [-0.4, -0.2) is 46.3 Å². The summed E-state index contributed by atoms with van der Waals surface area (Å²) in [7, 11) is 1.97. The Morgan fingerprint density at radius 1 is 1.06 bits per heavy atom. The minimum atomic E-state index is -0.475. The van der Waals surface area contributed by atoms with Crippen LogP contribution in [0.2, 0.25) is 0 Å². The number of piperidine rings is 1. The fourth-order valence-electron chi connectivity index (χ4n) is 4.96. The average Bonchev–Trinajstić information content (AvgIpc) is 3.15. The minimum absolute atomic E-state index is 0.0836. The van der Waals surface area contributed by atoms with Gasteiger partial charge >= 0.3 is 6.09 Å². The van der Waals surface area contributed by atoms with Gasteiger partial charge in [-0.15, -0.1) is 0 Å². The molecule has 0 radical (unpaired) electrons. The summed E-state index contributed by atoms with van der Waals surface area (Å²) in [6.45, 7) is 8.84. The summed E-state index contributed by atoms with van der Waals surface area (Å²) in [6, 6.07) is 19.1. The van der Waals surface area contributed by atoms with E-state index in [4.69, 9.17) is 9.72 Å². The van der Waals surface area contributed by atoms with E-state index in [1.54, 1.807) is 0 Å². The van der Waals surface area contributed by atoms with Crippen LogP contribution in [0.15, 0.2) is 54.6 Å². The summed E-state index contributed by atoms with van der Waals surface area (Å²) < 4.78 is 8.06. The third-order valence-corrected chi connectivity index (χ3v) is 6.82. The SMILES string of the molecule is CNCc1nc2ccccc2n1CC1(CCc2ccccc2)CCN(C(=O)OC(C)(C)C)CC1. The number of benzene rings is 2. The second kappa shape index (κ2) is 10.2. The number of para-hydroxylation sites is 2. The van der Waals surface area contributed by atoms with Gasteiger partial charge in [0, 0.05) is 19.6 Å². The molecule has 1 aromatic heterocycles. The number of carbonyl (C=O) groups excluding carboxylic acids is 1. The topological polar surface area (TPSA) is 59.4 Å². The molecule has 0 spiro atoms. The predicted molar refractivity (Wildman–Crippen MR) is 137 cm³/mol. The second-order valence-electron chi connectivity index (χ2n) is 10.6. The summed E-state index contributed by atoms with van der Waals surface area (Å²) in [5.41, 5.74) is 3.19. The highest BCUT2D eigenvalue weighted by molar-refractivity contribution is 5.76. The molecular weight excluding hydrogens is 424 g/mol. The molecule has 2 aromatic carbocycles. The molecule has 6 heteroatoms. The maximum atomic E-state index is 12.7. The molecule has 1 fully saturated rings. The molecule has 1 aliphatic rings. The van der Waals surface area contributed by atoms with E-state index in [0.717, 1.165) is 63.2 Å². The van der Waals surface area contributed by atoms with Gasteiger partial charge in [-0.2, -0.15) is 0 Å². The van der Waals surface area contributed by atoms with E-state index < -0.39 is 5.60 Å². The van der Waals surface area contributed by atoms with Crippen molar-refractivity contribution in [2.24, 2.45) is 5.41 Å². The maximum absolute atomic E-state index is 12.7. The van der Waals surface area contributed by atoms with Gasteiger partial charge in [0.25, 0.3) is 0 Å². The first kappa shape index (κ1) is 24.3. The van der Waals surface area contributed by atoms with Crippen molar-refractivity contribution in [1.29, 1.82) is 0 Å². The van der Waals surface area contributed by atoms with Crippen LogP contribution in [0, 0.1) is 5.41 Å².